The molecule has 40 heavy (non-hydrogen) atoms. The van der Waals surface area contributed by atoms with Crippen LogP contribution in [-0.4, -0.2) is 53.8 Å². The maximum atomic E-state index is 13.2. The number of hydrogen-bond acceptors (Lipinski definition) is 7. The van der Waals surface area contributed by atoms with Gasteiger partial charge in [-0.3, -0.25) is 9.59 Å². The van der Waals surface area contributed by atoms with Gasteiger partial charge in [-0.1, -0.05) is 6.07 Å². The summed E-state index contributed by atoms with van der Waals surface area (Å²) in [7, 11) is 1.62. The van der Waals surface area contributed by atoms with Crippen LogP contribution < -0.4 is 19.7 Å². The zero-order valence-corrected chi connectivity index (χ0v) is 23.0. The highest BCUT2D eigenvalue weighted by atomic mass is 16.5. The molecule has 0 spiro atoms. The van der Waals surface area contributed by atoms with Gasteiger partial charge in [-0.05, 0) is 86.3 Å². The Kier molecular flexibility index (Phi) is 8.48. The van der Waals surface area contributed by atoms with E-state index in [4.69, 9.17) is 9.47 Å². The van der Waals surface area contributed by atoms with Crippen LogP contribution in [0.2, 0.25) is 0 Å². The van der Waals surface area contributed by atoms with Crippen molar-refractivity contribution in [2.75, 3.05) is 37.0 Å². The van der Waals surface area contributed by atoms with Crippen LogP contribution in [0.3, 0.4) is 0 Å². The van der Waals surface area contributed by atoms with Gasteiger partial charge in [-0.25, -0.2) is 9.97 Å². The molecule has 2 N–H and O–H groups in total. The Morgan fingerprint density at radius 2 is 1.90 bits per heavy atom. The number of pyridine rings is 2. The van der Waals surface area contributed by atoms with Crippen molar-refractivity contribution < 1.29 is 24.2 Å². The van der Waals surface area contributed by atoms with Gasteiger partial charge >= 0.3 is 5.97 Å². The van der Waals surface area contributed by atoms with Crippen molar-refractivity contribution in [3.05, 3.63) is 71.5 Å². The van der Waals surface area contributed by atoms with Gasteiger partial charge < -0.3 is 24.8 Å². The predicted molar refractivity (Wildman–Crippen MR) is 152 cm³/mol. The second-order valence-electron chi connectivity index (χ2n) is 10.7. The number of carboxylic acid groups (broad SMARTS) is 1. The topological polar surface area (TPSA) is 114 Å². The Balaban J connectivity index is 1.20. The number of ether oxygens (including phenoxy) is 2. The van der Waals surface area contributed by atoms with E-state index in [-0.39, 0.29) is 18.2 Å². The number of benzene rings is 1. The number of nitrogens with zero attached hydrogens (tertiary/aromatic N) is 3. The highest BCUT2D eigenvalue weighted by Gasteiger charge is 2.34. The number of piperidine rings is 1. The van der Waals surface area contributed by atoms with E-state index in [1.807, 2.05) is 37.3 Å². The molecule has 2 aliphatic rings. The van der Waals surface area contributed by atoms with Gasteiger partial charge in [-0.2, -0.15) is 0 Å². The quantitative estimate of drug-likeness (QED) is 0.334. The monoisotopic (exact) mass is 544 g/mol. The van der Waals surface area contributed by atoms with Gasteiger partial charge in [0.25, 0.3) is 5.91 Å². The summed E-state index contributed by atoms with van der Waals surface area (Å²) in [5, 5.41) is 12.3. The smallest absolute Gasteiger partial charge is 0.303 e. The number of hydrogen-bond donors (Lipinski definition) is 2. The van der Waals surface area contributed by atoms with Gasteiger partial charge in [0.1, 0.15) is 11.6 Å². The molecule has 2 fully saturated rings. The molecule has 9 nitrogen and oxygen atoms in total. The highest BCUT2D eigenvalue weighted by molar-refractivity contribution is 6.08. The second kappa shape index (κ2) is 12.4. The molecule has 1 unspecified atom stereocenters. The largest absolute Gasteiger partial charge is 0.497 e. The number of anilines is 2. The van der Waals surface area contributed by atoms with Crippen molar-refractivity contribution in [1.29, 1.82) is 0 Å². The van der Waals surface area contributed by atoms with Crippen LogP contribution in [0.25, 0.3) is 0 Å². The number of aromatic nitrogens is 2. The minimum atomic E-state index is -0.772. The summed E-state index contributed by atoms with van der Waals surface area (Å²) in [6, 6.07) is 14.9. The summed E-state index contributed by atoms with van der Waals surface area (Å²) < 4.78 is 11.5. The molecule has 3 aromatic rings. The van der Waals surface area contributed by atoms with E-state index in [9.17, 15) is 14.7 Å². The van der Waals surface area contributed by atoms with Crippen LogP contribution in [0.15, 0.2) is 54.7 Å². The summed E-state index contributed by atoms with van der Waals surface area (Å²) in [6.07, 6.45) is 5.82. The summed E-state index contributed by atoms with van der Waals surface area (Å²) in [5.41, 5.74) is 3.24. The van der Waals surface area contributed by atoms with Crippen molar-refractivity contribution in [2.45, 2.75) is 44.9 Å². The molecule has 0 bridgehead atoms. The molecule has 1 saturated heterocycles. The van der Waals surface area contributed by atoms with E-state index in [0.717, 1.165) is 55.7 Å². The molecule has 1 aliphatic carbocycles. The molecule has 1 aliphatic heterocycles. The molecular weight excluding hydrogens is 508 g/mol. The first-order valence-corrected chi connectivity index (χ1v) is 13.9. The zero-order chi connectivity index (χ0) is 28.1. The van der Waals surface area contributed by atoms with Gasteiger partial charge in [-0.15, -0.1) is 0 Å². The fraction of sp³-hybridized carbons (Fsp3) is 0.419. The maximum absolute atomic E-state index is 13.2. The third-order valence-corrected chi connectivity index (χ3v) is 7.77. The van der Waals surface area contributed by atoms with Crippen LogP contribution in [0, 0.1) is 18.8 Å². The molecule has 1 saturated carbocycles. The lowest BCUT2D eigenvalue weighted by Crippen LogP contribution is -2.36. The van der Waals surface area contributed by atoms with E-state index in [1.54, 1.807) is 31.5 Å². The van der Waals surface area contributed by atoms with Crippen LogP contribution in [0.4, 0.5) is 11.5 Å². The van der Waals surface area contributed by atoms with Gasteiger partial charge in [0.2, 0.25) is 5.88 Å². The number of aliphatic carboxylic acids is 1. The van der Waals surface area contributed by atoms with Gasteiger partial charge in [0.05, 0.1) is 31.4 Å². The van der Waals surface area contributed by atoms with E-state index in [0.29, 0.717) is 41.5 Å². The summed E-state index contributed by atoms with van der Waals surface area (Å²) in [6.45, 7) is 3.99. The average molecular weight is 545 g/mol. The lowest BCUT2D eigenvalue weighted by molar-refractivity contribution is -0.137. The van der Waals surface area contributed by atoms with Crippen LogP contribution >= 0.6 is 0 Å². The second-order valence-corrected chi connectivity index (χ2v) is 10.7. The third-order valence-electron chi connectivity index (χ3n) is 7.77. The summed E-state index contributed by atoms with van der Waals surface area (Å²) >= 11 is 0. The Labute approximate surface area is 234 Å². The fourth-order valence-corrected chi connectivity index (χ4v) is 5.41. The number of rotatable bonds is 11. The Bertz CT molecular complexity index is 1350. The van der Waals surface area contributed by atoms with Crippen molar-refractivity contribution in [3.8, 4) is 11.6 Å². The molecule has 0 radical (unpaired) electrons. The summed E-state index contributed by atoms with van der Waals surface area (Å²) in [4.78, 5) is 35.6. The number of carboxylic acids is 1. The number of nitrogens with one attached hydrogen (secondary N) is 1. The van der Waals surface area contributed by atoms with Crippen LogP contribution in [0.1, 0.15) is 59.6 Å². The first-order valence-electron chi connectivity index (χ1n) is 13.9. The molecule has 210 valence electrons. The molecule has 9 heteroatoms. The molecule has 1 amide bonds. The minimum absolute atomic E-state index is 0.0158. The van der Waals surface area contributed by atoms with E-state index >= 15 is 0 Å². The fourth-order valence-electron chi connectivity index (χ4n) is 5.41. The number of aryl methyl sites for hydroxylation is 1. The number of carbonyl (C=O) groups excluding carboxylic acids is 1. The molecule has 3 heterocycles. The van der Waals surface area contributed by atoms with Crippen LogP contribution in [0.5, 0.6) is 11.6 Å². The minimum Gasteiger partial charge on any atom is -0.497 e. The van der Waals surface area contributed by atoms with E-state index in [1.165, 1.54) is 0 Å². The Hall–Kier alpha value is -4.14. The molecule has 5 rings (SSSR count). The number of carbonyl (C=O) groups is 2. The highest BCUT2D eigenvalue weighted by Crippen LogP contribution is 2.45. The Morgan fingerprint density at radius 3 is 2.60 bits per heavy atom. The molecule has 2 aromatic heterocycles. The number of methoxy groups -OCH3 is 1. The van der Waals surface area contributed by atoms with Crippen molar-refractivity contribution in [2.24, 2.45) is 11.8 Å². The summed E-state index contributed by atoms with van der Waals surface area (Å²) in [5.74, 6) is 1.59. The lowest BCUT2D eigenvalue weighted by Gasteiger charge is -2.34. The van der Waals surface area contributed by atoms with E-state index in [2.05, 4.69) is 20.2 Å². The van der Waals surface area contributed by atoms with Gasteiger partial charge in [0.15, 0.2) is 0 Å². The van der Waals surface area contributed by atoms with Crippen LogP contribution in [-0.2, 0) is 4.79 Å². The normalized spacial score (nSPS) is 16.3. The number of amides is 1. The van der Waals surface area contributed by atoms with Crippen molar-refractivity contribution in [3.63, 3.8) is 0 Å². The average Bonchev–Trinajstić information content (AvgIpc) is 3.80. The maximum Gasteiger partial charge on any atom is 0.303 e. The molecule has 1 atom stereocenters. The Morgan fingerprint density at radius 1 is 1.10 bits per heavy atom. The third kappa shape index (κ3) is 6.89. The zero-order valence-electron chi connectivity index (χ0n) is 23.0. The van der Waals surface area contributed by atoms with Crippen molar-refractivity contribution in [1.82, 2.24) is 9.97 Å². The first kappa shape index (κ1) is 27.4. The van der Waals surface area contributed by atoms with E-state index < -0.39 is 5.97 Å². The predicted octanol–water partition coefficient (Wildman–Crippen LogP) is 5.31. The molecular formula is C31H36N4O5. The van der Waals surface area contributed by atoms with Gasteiger partial charge in [0, 0.05) is 37.1 Å². The molecule has 1 aromatic carbocycles. The standard InChI is InChI=1S/C31H36N4O5/c1-20-4-3-5-28(33-20)34-31(38)25-9-8-24(39-2)17-27(25)35-14-11-21(12-15-35)19-40-29-16-23(10-13-32-29)26(18-30(36)37)22-6-7-22/h3-5,8-10,13,16-17,21-22,26H,6-7,11-12,14-15,18-19H2,1-2H3,(H,36,37)(H,33,34,38). The first-order chi connectivity index (χ1) is 19.4. The SMILES string of the molecule is COc1ccc(C(=O)Nc2cccc(C)n2)c(N2CCC(COc3cc(C(CC(=O)O)C4CC4)ccn3)CC2)c1. The van der Waals surface area contributed by atoms with Crippen molar-refractivity contribution >= 4 is 23.4 Å². The lowest BCUT2D eigenvalue weighted by atomic mass is 9.92.